The Hall–Kier alpha value is -1.75. The molecule has 5 nitrogen and oxygen atoms in total. The molecule has 0 radical (unpaired) electrons. The lowest BCUT2D eigenvalue weighted by Crippen LogP contribution is -2.18. The third-order valence-corrected chi connectivity index (χ3v) is 3.24. The maximum atomic E-state index is 10.5. The summed E-state index contributed by atoms with van der Waals surface area (Å²) in [4.78, 5) is 10.5. The van der Waals surface area contributed by atoms with Gasteiger partial charge in [0.25, 0.3) is 0 Å². The molecule has 1 aromatic rings. The lowest BCUT2D eigenvalue weighted by Gasteiger charge is -2.22. The SMILES string of the molecule is Cc1cc2c(cc1C(N)CCCC(=O)O)OCCO2. The van der Waals surface area contributed by atoms with Crippen molar-refractivity contribution in [1.82, 2.24) is 0 Å². The van der Waals surface area contributed by atoms with Crippen LogP contribution in [0.4, 0.5) is 0 Å². The normalized spacial score (nSPS) is 15.1. The molecule has 104 valence electrons. The quantitative estimate of drug-likeness (QED) is 0.851. The third-order valence-electron chi connectivity index (χ3n) is 3.24. The number of nitrogens with two attached hydrogens (primary N) is 1. The smallest absolute Gasteiger partial charge is 0.303 e. The lowest BCUT2D eigenvalue weighted by molar-refractivity contribution is -0.137. The molecule has 0 spiro atoms. The molecule has 0 saturated carbocycles. The van der Waals surface area contributed by atoms with Gasteiger partial charge in [0, 0.05) is 12.5 Å². The average Bonchev–Trinajstić information content (AvgIpc) is 2.37. The molecular formula is C14H19NO4. The largest absolute Gasteiger partial charge is 0.486 e. The molecule has 5 heteroatoms. The van der Waals surface area contributed by atoms with E-state index in [0.717, 1.165) is 22.6 Å². The Morgan fingerprint density at radius 3 is 2.63 bits per heavy atom. The van der Waals surface area contributed by atoms with E-state index in [9.17, 15) is 4.79 Å². The summed E-state index contributed by atoms with van der Waals surface area (Å²) >= 11 is 0. The highest BCUT2D eigenvalue weighted by atomic mass is 16.6. The summed E-state index contributed by atoms with van der Waals surface area (Å²) < 4.78 is 11.0. The van der Waals surface area contributed by atoms with Crippen LogP contribution in [0.5, 0.6) is 11.5 Å². The monoisotopic (exact) mass is 265 g/mol. The van der Waals surface area contributed by atoms with Crippen LogP contribution in [0.3, 0.4) is 0 Å². The fraction of sp³-hybridized carbons (Fsp3) is 0.500. The highest BCUT2D eigenvalue weighted by Gasteiger charge is 2.17. The van der Waals surface area contributed by atoms with E-state index < -0.39 is 5.97 Å². The van der Waals surface area contributed by atoms with E-state index >= 15 is 0 Å². The van der Waals surface area contributed by atoms with E-state index in [-0.39, 0.29) is 12.5 Å². The zero-order chi connectivity index (χ0) is 13.8. The van der Waals surface area contributed by atoms with Crippen molar-refractivity contribution in [1.29, 1.82) is 0 Å². The molecule has 1 unspecified atom stereocenters. The van der Waals surface area contributed by atoms with Crippen LogP contribution in [0, 0.1) is 6.92 Å². The van der Waals surface area contributed by atoms with Gasteiger partial charge in [-0.15, -0.1) is 0 Å². The van der Waals surface area contributed by atoms with Gasteiger partial charge < -0.3 is 20.3 Å². The van der Waals surface area contributed by atoms with Gasteiger partial charge in [0.1, 0.15) is 13.2 Å². The summed E-state index contributed by atoms with van der Waals surface area (Å²) in [6.07, 6.45) is 1.37. The number of aryl methyl sites for hydroxylation is 1. The Bertz CT molecular complexity index is 473. The van der Waals surface area contributed by atoms with Crippen LogP contribution in [0.15, 0.2) is 12.1 Å². The topological polar surface area (TPSA) is 81.8 Å². The molecule has 0 aliphatic carbocycles. The second kappa shape index (κ2) is 5.93. The predicted octanol–water partition coefficient (Wildman–Crippen LogP) is 2.02. The molecule has 19 heavy (non-hydrogen) atoms. The molecule has 3 N–H and O–H groups in total. The van der Waals surface area contributed by atoms with Crippen molar-refractivity contribution in [2.45, 2.75) is 32.2 Å². The molecule has 1 heterocycles. The van der Waals surface area contributed by atoms with E-state index in [0.29, 0.717) is 26.1 Å². The number of benzene rings is 1. The van der Waals surface area contributed by atoms with Crippen LogP contribution in [-0.4, -0.2) is 24.3 Å². The van der Waals surface area contributed by atoms with Crippen molar-refractivity contribution in [3.8, 4) is 11.5 Å². The van der Waals surface area contributed by atoms with Crippen molar-refractivity contribution in [2.24, 2.45) is 5.73 Å². The molecule has 0 fully saturated rings. The van der Waals surface area contributed by atoms with Gasteiger partial charge >= 0.3 is 5.97 Å². The van der Waals surface area contributed by atoms with Crippen molar-refractivity contribution < 1.29 is 19.4 Å². The fourth-order valence-corrected chi connectivity index (χ4v) is 2.23. The van der Waals surface area contributed by atoms with Gasteiger partial charge in [-0.05, 0) is 43.0 Å². The van der Waals surface area contributed by atoms with E-state index in [1.807, 2.05) is 19.1 Å². The maximum absolute atomic E-state index is 10.5. The number of carbonyl (C=O) groups is 1. The molecular weight excluding hydrogens is 246 g/mol. The zero-order valence-corrected chi connectivity index (χ0v) is 11.0. The van der Waals surface area contributed by atoms with Crippen molar-refractivity contribution in [3.05, 3.63) is 23.3 Å². The second-order valence-electron chi connectivity index (χ2n) is 4.74. The lowest BCUT2D eigenvalue weighted by atomic mass is 9.97. The zero-order valence-electron chi connectivity index (χ0n) is 11.0. The number of ether oxygens (including phenoxy) is 2. The van der Waals surface area contributed by atoms with Crippen LogP contribution < -0.4 is 15.2 Å². The number of carboxylic acid groups (broad SMARTS) is 1. The Kier molecular flexibility index (Phi) is 4.27. The van der Waals surface area contributed by atoms with Gasteiger partial charge in [-0.1, -0.05) is 0 Å². The number of fused-ring (bicyclic) bond motifs is 1. The molecule has 2 rings (SSSR count). The van der Waals surface area contributed by atoms with Crippen LogP contribution in [-0.2, 0) is 4.79 Å². The predicted molar refractivity (Wildman–Crippen MR) is 70.6 cm³/mol. The number of aliphatic carboxylic acids is 1. The summed E-state index contributed by atoms with van der Waals surface area (Å²) in [5.74, 6) is 0.692. The van der Waals surface area contributed by atoms with Gasteiger partial charge in [0.15, 0.2) is 11.5 Å². The summed E-state index contributed by atoms with van der Waals surface area (Å²) in [7, 11) is 0. The number of carboxylic acids is 1. The minimum absolute atomic E-state index is 0.150. The van der Waals surface area contributed by atoms with Gasteiger partial charge in [-0.3, -0.25) is 4.79 Å². The minimum atomic E-state index is -0.786. The molecule has 0 bridgehead atoms. The first-order valence-corrected chi connectivity index (χ1v) is 6.45. The van der Waals surface area contributed by atoms with E-state index in [2.05, 4.69) is 0 Å². The molecule has 0 aromatic heterocycles. The summed E-state index contributed by atoms with van der Waals surface area (Å²) in [6.45, 7) is 3.09. The summed E-state index contributed by atoms with van der Waals surface area (Å²) in [5.41, 5.74) is 8.17. The van der Waals surface area contributed by atoms with Gasteiger partial charge in [0.05, 0.1) is 0 Å². The van der Waals surface area contributed by atoms with Gasteiger partial charge in [-0.25, -0.2) is 0 Å². The highest BCUT2D eigenvalue weighted by molar-refractivity contribution is 5.66. The number of hydrogen-bond donors (Lipinski definition) is 2. The Morgan fingerprint density at radius 1 is 1.37 bits per heavy atom. The second-order valence-corrected chi connectivity index (χ2v) is 4.74. The van der Waals surface area contributed by atoms with Crippen LogP contribution >= 0.6 is 0 Å². The fourth-order valence-electron chi connectivity index (χ4n) is 2.23. The van der Waals surface area contributed by atoms with Crippen LogP contribution in [0.25, 0.3) is 0 Å². The molecule has 1 atom stereocenters. The van der Waals surface area contributed by atoms with Crippen molar-refractivity contribution >= 4 is 5.97 Å². The maximum Gasteiger partial charge on any atom is 0.303 e. The number of rotatable bonds is 5. The van der Waals surface area contributed by atoms with E-state index in [4.69, 9.17) is 20.3 Å². The van der Waals surface area contributed by atoms with Gasteiger partial charge in [-0.2, -0.15) is 0 Å². The molecule has 0 amide bonds. The summed E-state index contributed by atoms with van der Waals surface area (Å²) in [5, 5.41) is 8.63. The van der Waals surface area contributed by atoms with Crippen molar-refractivity contribution in [3.63, 3.8) is 0 Å². The Morgan fingerprint density at radius 2 is 2.00 bits per heavy atom. The third kappa shape index (κ3) is 3.38. The van der Waals surface area contributed by atoms with Crippen molar-refractivity contribution in [2.75, 3.05) is 13.2 Å². The minimum Gasteiger partial charge on any atom is -0.486 e. The molecule has 1 aliphatic rings. The Balaban J connectivity index is 2.08. The molecule has 1 aromatic carbocycles. The van der Waals surface area contributed by atoms with Crippen LogP contribution in [0.1, 0.15) is 36.4 Å². The first-order chi connectivity index (χ1) is 9.08. The summed E-state index contributed by atoms with van der Waals surface area (Å²) in [6, 6.07) is 3.67. The average molecular weight is 265 g/mol. The highest BCUT2D eigenvalue weighted by Crippen LogP contribution is 2.35. The first-order valence-electron chi connectivity index (χ1n) is 6.45. The first kappa shape index (κ1) is 13.7. The molecule has 0 saturated heterocycles. The van der Waals surface area contributed by atoms with Crippen LogP contribution in [0.2, 0.25) is 0 Å². The molecule has 1 aliphatic heterocycles. The van der Waals surface area contributed by atoms with Gasteiger partial charge in [0.2, 0.25) is 0 Å². The Labute approximate surface area is 112 Å². The standard InChI is InChI=1S/C14H19NO4/c1-9-7-12-13(19-6-5-18-12)8-10(9)11(15)3-2-4-14(16)17/h7-8,11H,2-6,15H2,1H3,(H,16,17). The van der Waals surface area contributed by atoms with E-state index in [1.54, 1.807) is 0 Å². The number of hydrogen-bond acceptors (Lipinski definition) is 4. The van der Waals surface area contributed by atoms with E-state index in [1.165, 1.54) is 0 Å².